The van der Waals surface area contributed by atoms with E-state index in [-0.39, 0.29) is 13.0 Å². The smallest absolute Gasteiger partial charge is 0.457 e. The molecule has 12 nitrogen and oxygen atoms in total. The molecule has 6 atom stereocenters. The van der Waals surface area contributed by atoms with Crippen molar-refractivity contribution in [3.05, 3.63) is 109 Å². The molecule has 13 heteroatoms. The van der Waals surface area contributed by atoms with E-state index in [2.05, 4.69) is 98.9 Å². The first kappa shape index (κ1) is 59.0. The number of carbonyl (C=O) groups is 1. The van der Waals surface area contributed by atoms with E-state index in [0.717, 1.165) is 83.5 Å². The summed E-state index contributed by atoms with van der Waals surface area (Å²) < 4.78 is 34.1. The molecule has 6 N–H and O–H groups in total. The van der Waals surface area contributed by atoms with Crippen molar-refractivity contribution in [3.8, 4) is 0 Å². The molecule has 0 bridgehead atoms. The maximum Gasteiger partial charge on any atom is 0.472 e. The van der Waals surface area contributed by atoms with Gasteiger partial charge < -0.3 is 39.9 Å². The van der Waals surface area contributed by atoms with E-state index >= 15 is 0 Å². The number of phosphoric acid groups is 1. The van der Waals surface area contributed by atoms with Crippen molar-refractivity contribution in [3.63, 3.8) is 0 Å². The third-order valence-electron chi connectivity index (χ3n) is 10.2. The van der Waals surface area contributed by atoms with Gasteiger partial charge in [-0.3, -0.25) is 13.8 Å². The number of hydrogen-bond donors (Lipinski definition) is 6. The molecular weight excluding hydrogens is 836 g/mol. The van der Waals surface area contributed by atoms with Crippen LogP contribution in [0.15, 0.2) is 109 Å². The Bertz CT molecular complexity index is 1470. The van der Waals surface area contributed by atoms with E-state index in [0.29, 0.717) is 13.0 Å². The van der Waals surface area contributed by atoms with E-state index in [4.69, 9.17) is 18.5 Å². The molecule has 0 radical (unpaired) electrons. The molecule has 0 aromatic carbocycles. The Balaban J connectivity index is 2.42. The number of hydrogen-bond acceptors (Lipinski definition) is 11. The zero-order valence-electron chi connectivity index (χ0n) is 38.8. The second-order valence-corrected chi connectivity index (χ2v) is 17.3. The van der Waals surface area contributed by atoms with Gasteiger partial charge in [-0.2, -0.15) is 0 Å². The molecular formula is C51H83O12P. The predicted octanol–water partition coefficient (Wildman–Crippen LogP) is 10.1. The van der Waals surface area contributed by atoms with Crippen LogP contribution < -0.4 is 0 Å². The van der Waals surface area contributed by atoms with Crippen molar-refractivity contribution in [1.29, 1.82) is 0 Å². The van der Waals surface area contributed by atoms with Gasteiger partial charge in [0.05, 0.1) is 19.6 Å². The first-order chi connectivity index (χ1) is 31.0. The number of carbonyl (C=O) groups excluding carboxylic acids is 1. The van der Waals surface area contributed by atoms with Crippen molar-refractivity contribution in [2.24, 2.45) is 0 Å². The van der Waals surface area contributed by atoms with Crippen LogP contribution in [0.5, 0.6) is 0 Å². The minimum atomic E-state index is -5.05. The van der Waals surface area contributed by atoms with Gasteiger partial charge in [0.15, 0.2) is 0 Å². The predicted molar refractivity (Wildman–Crippen MR) is 257 cm³/mol. The van der Waals surface area contributed by atoms with Crippen LogP contribution in [0.2, 0.25) is 0 Å². The first-order valence-electron chi connectivity index (χ1n) is 23.7. The molecule has 0 aromatic rings. The first-order valence-corrected chi connectivity index (χ1v) is 25.2. The molecule has 1 rings (SSSR count). The van der Waals surface area contributed by atoms with Crippen LogP contribution >= 0.6 is 7.82 Å². The Kier molecular flexibility index (Phi) is 37.2. The Labute approximate surface area is 385 Å². The third-order valence-corrected chi connectivity index (χ3v) is 11.2. The van der Waals surface area contributed by atoms with Gasteiger partial charge in [0.2, 0.25) is 0 Å². The second-order valence-electron chi connectivity index (χ2n) is 15.9. The molecule has 0 heterocycles. The van der Waals surface area contributed by atoms with Gasteiger partial charge in [-0.05, 0) is 77.0 Å². The number of esters is 1. The minimum Gasteiger partial charge on any atom is -0.457 e. The van der Waals surface area contributed by atoms with Gasteiger partial charge in [-0.15, -0.1) is 0 Å². The molecule has 64 heavy (non-hydrogen) atoms. The highest BCUT2D eigenvalue weighted by Gasteiger charge is 2.51. The summed E-state index contributed by atoms with van der Waals surface area (Å²) in [5.74, 6) is -0.611. The molecule has 0 spiro atoms. The molecule has 0 aromatic heterocycles. The molecule has 6 unspecified atom stereocenters. The number of aliphatic hydroxyl groups is 5. The van der Waals surface area contributed by atoms with Gasteiger partial charge in [-0.1, -0.05) is 168 Å². The Morgan fingerprint density at radius 2 is 0.875 bits per heavy atom. The van der Waals surface area contributed by atoms with Crippen LogP contribution in [0.1, 0.15) is 142 Å². The van der Waals surface area contributed by atoms with Crippen molar-refractivity contribution >= 4 is 13.8 Å². The highest BCUT2D eigenvalue weighted by Crippen LogP contribution is 2.47. The van der Waals surface area contributed by atoms with Crippen molar-refractivity contribution in [2.45, 2.75) is 185 Å². The number of unbranched alkanes of at least 4 members (excludes halogenated alkanes) is 9. The normalized spacial score (nSPS) is 22.7. The molecule has 1 aliphatic rings. The van der Waals surface area contributed by atoms with Crippen molar-refractivity contribution in [1.82, 2.24) is 0 Å². The summed E-state index contributed by atoms with van der Waals surface area (Å²) in [6.07, 6.45) is 44.7. The monoisotopic (exact) mass is 919 g/mol. The lowest BCUT2D eigenvalue weighted by atomic mass is 9.85. The molecule has 1 aliphatic carbocycles. The van der Waals surface area contributed by atoms with Gasteiger partial charge in [0.1, 0.15) is 42.7 Å². The second kappa shape index (κ2) is 40.3. The maximum absolute atomic E-state index is 12.8. The molecule has 364 valence electrons. The molecule has 1 saturated carbocycles. The number of ether oxygens (including phenoxy) is 2. The fourth-order valence-corrected chi connectivity index (χ4v) is 7.45. The van der Waals surface area contributed by atoms with Gasteiger partial charge in [-0.25, -0.2) is 4.57 Å². The highest BCUT2D eigenvalue weighted by atomic mass is 31.2. The summed E-state index contributed by atoms with van der Waals surface area (Å²) in [5.41, 5.74) is 0. The number of allylic oxidation sites excluding steroid dienone is 17. The Hall–Kier alpha value is -3.00. The van der Waals surface area contributed by atoms with E-state index in [1.165, 1.54) is 32.1 Å². The summed E-state index contributed by atoms with van der Waals surface area (Å²) in [6, 6.07) is 0. The van der Waals surface area contributed by atoms with Gasteiger partial charge in [0.25, 0.3) is 0 Å². The number of phosphoric ester groups is 1. The summed E-state index contributed by atoms with van der Waals surface area (Å²) >= 11 is 0. The Morgan fingerprint density at radius 1 is 0.500 bits per heavy atom. The SMILES string of the molecule is CC/C=C\C/C=C\C/C=C\C/C=C\C/C=C\CC(=O)OC(COCCCCCCCCCCC/C=C\C/C=C\C/C=C\C/C=C\CC)COP(=O)(O)OC1C(O)C(O)C(O)C(O)C1O. The van der Waals surface area contributed by atoms with E-state index < -0.39 is 63.1 Å². The fraction of sp³-hybridized carbons (Fsp3) is 0.627. The quantitative estimate of drug-likeness (QED) is 0.0149. The van der Waals surface area contributed by atoms with Gasteiger partial charge >= 0.3 is 13.8 Å². The van der Waals surface area contributed by atoms with Crippen LogP contribution in [0, 0.1) is 0 Å². The van der Waals surface area contributed by atoms with E-state index in [1.807, 2.05) is 18.2 Å². The lowest BCUT2D eigenvalue weighted by Crippen LogP contribution is -2.64. The molecule has 0 saturated heterocycles. The summed E-state index contributed by atoms with van der Waals surface area (Å²) in [4.78, 5) is 23.1. The third kappa shape index (κ3) is 31.8. The molecule has 0 amide bonds. The van der Waals surface area contributed by atoms with Crippen LogP contribution in [0.25, 0.3) is 0 Å². The maximum atomic E-state index is 12.8. The average Bonchev–Trinajstić information content (AvgIpc) is 3.28. The topological polar surface area (TPSA) is 192 Å². The number of aliphatic hydroxyl groups excluding tert-OH is 5. The Morgan fingerprint density at radius 3 is 1.33 bits per heavy atom. The van der Waals surface area contributed by atoms with Gasteiger partial charge in [0, 0.05) is 6.61 Å². The van der Waals surface area contributed by atoms with Crippen LogP contribution in [0.3, 0.4) is 0 Å². The minimum absolute atomic E-state index is 0.0544. The lowest BCUT2D eigenvalue weighted by molar-refractivity contribution is -0.220. The fourth-order valence-electron chi connectivity index (χ4n) is 6.48. The van der Waals surface area contributed by atoms with Crippen LogP contribution in [-0.2, 0) is 27.9 Å². The van der Waals surface area contributed by atoms with Crippen LogP contribution in [-0.4, -0.2) is 98.9 Å². The van der Waals surface area contributed by atoms with E-state index in [1.54, 1.807) is 6.08 Å². The lowest BCUT2D eigenvalue weighted by Gasteiger charge is -2.41. The van der Waals surface area contributed by atoms with E-state index in [9.17, 15) is 39.8 Å². The van der Waals surface area contributed by atoms with Crippen molar-refractivity contribution < 1.29 is 58.3 Å². The standard InChI is InChI=1S/C51H83O12P/c1-3-5-7-9-11-13-15-17-19-20-21-22-23-24-25-27-29-31-33-35-37-39-41-60-42-44(43-61-64(58,59)63-51-49(56)47(54)46(53)48(55)50(51)57)62-45(52)40-38-36-34-32-30-28-26-18-16-14-12-10-8-6-4-2/h5-8,11-14,17-19,21-22,26,30,32,36,38,44,46-51,53-57H,3-4,9-10,15-16,20,23-25,27-29,31,33-35,37,39-43H2,1-2H3,(H,58,59)/b7-5-,8-6-,13-11-,14-12-,19-17-,22-21-,26-18-,32-30-,38-36-. The molecule has 0 aliphatic heterocycles. The highest BCUT2D eigenvalue weighted by molar-refractivity contribution is 7.47. The zero-order valence-corrected chi connectivity index (χ0v) is 39.7. The zero-order chi connectivity index (χ0) is 46.9. The average molecular weight is 919 g/mol. The summed E-state index contributed by atoms with van der Waals surface area (Å²) in [7, 11) is -5.05. The molecule has 1 fully saturated rings. The van der Waals surface area contributed by atoms with Crippen LogP contribution in [0.4, 0.5) is 0 Å². The van der Waals surface area contributed by atoms with Crippen molar-refractivity contribution in [2.75, 3.05) is 19.8 Å². The largest absolute Gasteiger partial charge is 0.472 e. The summed E-state index contributed by atoms with van der Waals surface area (Å²) in [6.45, 7) is 3.89. The summed E-state index contributed by atoms with van der Waals surface area (Å²) in [5, 5.41) is 50.2. The number of rotatable bonds is 38.